The summed E-state index contributed by atoms with van der Waals surface area (Å²) in [6.45, 7) is 1.78. The van der Waals surface area contributed by atoms with Crippen molar-refractivity contribution in [3.05, 3.63) is 35.1 Å². The van der Waals surface area contributed by atoms with E-state index in [9.17, 15) is 9.18 Å². The van der Waals surface area contributed by atoms with E-state index in [1.807, 2.05) is 0 Å². The van der Waals surface area contributed by atoms with E-state index in [-0.39, 0.29) is 5.56 Å². The van der Waals surface area contributed by atoms with Gasteiger partial charge < -0.3 is 11.1 Å². The largest absolute Gasteiger partial charge is 0.391 e. The van der Waals surface area contributed by atoms with Crippen molar-refractivity contribution < 1.29 is 9.18 Å². The number of thiocarbonyl (C=S) groups is 1. The summed E-state index contributed by atoms with van der Waals surface area (Å²) in [6.07, 6.45) is 5.60. The van der Waals surface area contributed by atoms with Crippen LogP contribution in [0.2, 0.25) is 0 Å². The standard InChI is InChI=1S/C16H21FN2OS/c1-11-6-7-12(13(17)10-11)14(20)19-16(15(18)21)8-4-2-3-5-9-16/h6-7,10H,2-5,8-9H2,1H3,(H2,18,21)(H,19,20). The zero-order chi connectivity index (χ0) is 15.5. The Morgan fingerprint density at radius 2 is 1.90 bits per heavy atom. The molecule has 0 atom stereocenters. The van der Waals surface area contributed by atoms with Crippen molar-refractivity contribution >= 4 is 23.1 Å². The van der Waals surface area contributed by atoms with Crippen LogP contribution >= 0.6 is 12.2 Å². The number of rotatable bonds is 3. The minimum atomic E-state index is -0.680. The van der Waals surface area contributed by atoms with Crippen molar-refractivity contribution in [1.29, 1.82) is 0 Å². The normalized spacial score (nSPS) is 17.8. The minimum Gasteiger partial charge on any atom is -0.391 e. The Kier molecular flexibility index (Phi) is 4.93. The zero-order valence-electron chi connectivity index (χ0n) is 12.2. The van der Waals surface area contributed by atoms with E-state index < -0.39 is 17.3 Å². The van der Waals surface area contributed by atoms with E-state index >= 15 is 0 Å². The Morgan fingerprint density at radius 1 is 1.29 bits per heavy atom. The molecule has 0 aliphatic heterocycles. The second-order valence-corrected chi connectivity index (χ2v) is 6.24. The summed E-state index contributed by atoms with van der Waals surface area (Å²) in [6, 6.07) is 4.58. The van der Waals surface area contributed by atoms with Crippen LogP contribution in [0.5, 0.6) is 0 Å². The molecule has 114 valence electrons. The van der Waals surface area contributed by atoms with E-state index in [1.54, 1.807) is 13.0 Å². The van der Waals surface area contributed by atoms with E-state index in [1.165, 1.54) is 12.1 Å². The Bertz CT molecular complexity index is 551. The number of carbonyl (C=O) groups excluding carboxylic acids is 1. The molecule has 0 aromatic heterocycles. The van der Waals surface area contributed by atoms with Crippen LogP contribution in [0.4, 0.5) is 4.39 Å². The van der Waals surface area contributed by atoms with Crippen LogP contribution in [-0.2, 0) is 0 Å². The Labute approximate surface area is 130 Å². The molecule has 1 aliphatic carbocycles. The number of hydrogen-bond donors (Lipinski definition) is 2. The van der Waals surface area contributed by atoms with Gasteiger partial charge in [-0.25, -0.2) is 4.39 Å². The quantitative estimate of drug-likeness (QED) is 0.666. The lowest BCUT2D eigenvalue weighted by molar-refractivity contribution is 0.0913. The molecule has 1 fully saturated rings. The maximum absolute atomic E-state index is 13.9. The lowest BCUT2D eigenvalue weighted by atomic mass is 9.89. The number of carbonyl (C=O) groups is 1. The third-order valence-electron chi connectivity index (χ3n) is 4.15. The predicted octanol–water partition coefficient (Wildman–Crippen LogP) is 3.24. The van der Waals surface area contributed by atoms with E-state index in [0.717, 1.165) is 44.1 Å². The molecule has 5 heteroatoms. The zero-order valence-corrected chi connectivity index (χ0v) is 13.1. The molecule has 0 saturated heterocycles. The summed E-state index contributed by atoms with van der Waals surface area (Å²) < 4.78 is 13.9. The molecule has 21 heavy (non-hydrogen) atoms. The highest BCUT2D eigenvalue weighted by Crippen LogP contribution is 2.28. The van der Waals surface area contributed by atoms with Crippen LogP contribution in [0, 0.1) is 12.7 Å². The number of nitrogens with two attached hydrogens (primary N) is 1. The van der Waals surface area contributed by atoms with Gasteiger partial charge >= 0.3 is 0 Å². The Balaban J connectivity index is 2.24. The molecule has 1 aliphatic rings. The van der Waals surface area contributed by atoms with Crippen LogP contribution in [0.15, 0.2) is 18.2 Å². The highest BCUT2D eigenvalue weighted by atomic mass is 32.1. The molecule has 1 aromatic carbocycles. The minimum absolute atomic E-state index is 0.0421. The summed E-state index contributed by atoms with van der Waals surface area (Å²) in [5.74, 6) is -0.957. The van der Waals surface area contributed by atoms with Crippen LogP contribution in [0.1, 0.15) is 54.4 Å². The summed E-state index contributed by atoms with van der Waals surface area (Å²) in [7, 11) is 0. The van der Waals surface area contributed by atoms with Gasteiger partial charge in [0.05, 0.1) is 16.1 Å². The van der Waals surface area contributed by atoms with E-state index in [4.69, 9.17) is 18.0 Å². The van der Waals surface area contributed by atoms with Crippen LogP contribution in [0.3, 0.4) is 0 Å². The molecular formula is C16H21FN2OS. The summed E-state index contributed by atoms with van der Waals surface area (Å²) in [5.41, 5.74) is 6.03. The van der Waals surface area contributed by atoms with Gasteiger partial charge in [0.25, 0.3) is 5.91 Å². The Hall–Kier alpha value is -1.49. The lowest BCUT2D eigenvalue weighted by Gasteiger charge is -2.33. The average Bonchev–Trinajstić information content (AvgIpc) is 2.65. The van der Waals surface area contributed by atoms with Crippen molar-refractivity contribution in [3.63, 3.8) is 0 Å². The van der Waals surface area contributed by atoms with E-state index in [2.05, 4.69) is 5.32 Å². The number of nitrogens with one attached hydrogen (secondary N) is 1. The fraction of sp³-hybridized carbons (Fsp3) is 0.500. The first-order chi connectivity index (χ1) is 9.94. The molecule has 0 unspecified atom stereocenters. The second-order valence-electron chi connectivity index (χ2n) is 5.80. The van der Waals surface area contributed by atoms with Crippen LogP contribution in [-0.4, -0.2) is 16.4 Å². The molecule has 2 rings (SSSR count). The van der Waals surface area contributed by atoms with Crippen LogP contribution < -0.4 is 11.1 Å². The van der Waals surface area contributed by atoms with Crippen molar-refractivity contribution in [1.82, 2.24) is 5.32 Å². The molecule has 0 radical (unpaired) electrons. The first-order valence-corrected chi connectivity index (χ1v) is 7.74. The van der Waals surface area contributed by atoms with Crippen molar-refractivity contribution in [3.8, 4) is 0 Å². The third kappa shape index (κ3) is 3.59. The summed E-state index contributed by atoms with van der Waals surface area (Å²) in [4.78, 5) is 12.7. The van der Waals surface area contributed by atoms with Crippen molar-refractivity contribution in [2.24, 2.45) is 5.73 Å². The number of amides is 1. The van der Waals surface area contributed by atoms with Gasteiger partial charge in [-0.2, -0.15) is 0 Å². The monoisotopic (exact) mass is 308 g/mol. The van der Waals surface area contributed by atoms with Gasteiger partial charge in [0, 0.05) is 0 Å². The van der Waals surface area contributed by atoms with Crippen LogP contribution in [0.25, 0.3) is 0 Å². The molecule has 0 spiro atoms. The molecular weight excluding hydrogens is 287 g/mol. The first-order valence-electron chi connectivity index (χ1n) is 7.33. The molecule has 1 aromatic rings. The molecule has 1 amide bonds. The van der Waals surface area contributed by atoms with Gasteiger partial charge in [0.1, 0.15) is 5.82 Å². The number of hydrogen-bond acceptors (Lipinski definition) is 2. The second kappa shape index (κ2) is 6.52. The smallest absolute Gasteiger partial charge is 0.255 e. The van der Waals surface area contributed by atoms with Gasteiger partial charge in [-0.15, -0.1) is 0 Å². The van der Waals surface area contributed by atoms with E-state index in [0.29, 0.717) is 4.99 Å². The lowest BCUT2D eigenvalue weighted by Crippen LogP contribution is -2.56. The van der Waals surface area contributed by atoms with Gasteiger partial charge in [0.2, 0.25) is 0 Å². The van der Waals surface area contributed by atoms with Gasteiger partial charge in [0.15, 0.2) is 0 Å². The van der Waals surface area contributed by atoms with Crippen molar-refractivity contribution in [2.75, 3.05) is 0 Å². The Morgan fingerprint density at radius 3 is 2.43 bits per heavy atom. The third-order valence-corrected chi connectivity index (χ3v) is 4.54. The summed E-state index contributed by atoms with van der Waals surface area (Å²) >= 11 is 5.18. The number of halogens is 1. The highest BCUT2D eigenvalue weighted by Gasteiger charge is 2.36. The molecule has 3 N–H and O–H groups in total. The summed E-state index contributed by atoms with van der Waals surface area (Å²) in [5, 5.41) is 2.90. The SMILES string of the molecule is Cc1ccc(C(=O)NC2(C(N)=S)CCCCCC2)c(F)c1. The number of aryl methyl sites for hydroxylation is 1. The highest BCUT2D eigenvalue weighted by molar-refractivity contribution is 7.80. The maximum atomic E-state index is 13.9. The first kappa shape index (κ1) is 15.9. The molecule has 0 bridgehead atoms. The fourth-order valence-electron chi connectivity index (χ4n) is 2.85. The van der Waals surface area contributed by atoms with Gasteiger partial charge in [-0.05, 0) is 37.5 Å². The van der Waals surface area contributed by atoms with Gasteiger partial charge in [-0.3, -0.25) is 4.79 Å². The number of benzene rings is 1. The topological polar surface area (TPSA) is 55.1 Å². The molecule has 3 nitrogen and oxygen atoms in total. The predicted molar refractivity (Wildman–Crippen MR) is 85.8 cm³/mol. The fourth-order valence-corrected chi connectivity index (χ4v) is 3.11. The maximum Gasteiger partial charge on any atom is 0.255 e. The average molecular weight is 308 g/mol. The van der Waals surface area contributed by atoms with Crippen molar-refractivity contribution in [2.45, 2.75) is 51.0 Å². The van der Waals surface area contributed by atoms with Gasteiger partial charge in [-0.1, -0.05) is 44.0 Å². The molecule has 0 heterocycles. The molecule has 1 saturated carbocycles.